The summed E-state index contributed by atoms with van der Waals surface area (Å²) >= 11 is 6.21. The molecule has 0 saturated carbocycles. The van der Waals surface area contributed by atoms with Gasteiger partial charge < -0.3 is 9.88 Å². The lowest BCUT2D eigenvalue weighted by Crippen LogP contribution is -2.40. The summed E-state index contributed by atoms with van der Waals surface area (Å²) in [5, 5.41) is 1.92. The number of fused-ring (bicyclic) bond motifs is 3. The van der Waals surface area contributed by atoms with Crippen LogP contribution in [0.3, 0.4) is 0 Å². The molecule has 1 amide bonds. The van der Waals surface area contributed by atoms with Gasteiger partial charge in [-0.2, -0.15) is 0 Å². The second-order valence-corrected chi connectivity index (χ2v) is 7.78. The molecule has 0 spiro atoms. The molecule has 0 aliphatic carbocycles. The quantitative estimate of drug-likeness (QED) is 0.708. The maximum atomic E-state index is 13.1. The molecule has 0 saturated heterocycles. The number of benzene rings is 1. The van der Waals surface area contributed by atoms with Gasteiger partial charge in [0.1, 0.15) is 0 Å². The van der Waals surface area contributed by atoms with Crippen LogP contribution in [-0.2, 0) is 6.42 Å². The van der Waals surface area contributed by atoms with Crippen LogP contribution < -0.4 is 0 Å². The Hall–Kier alpha value is -2.33. The van der Waals surface area contributed by atoms with Gasteiger partial charge in [0, 0.05) is 40.6 Å². The topological polar surface area (TPSA) is 49.0 Å². The average molecular weight is 368 g/mol. The van der Waals surface area contributed by atoms with Gasteiger partial charge in [-0.1, -0.05) is 25.4 Å². The summed E-state index contributed by atoms with van der Waals surface area (Å²) in [4.78, 5) is 22.8. The predicted molar refractivity (Wildman–Crippen MR) is 104 cm³/mol. The van der Waals surface area contributed by atoms with Gasteiger partial charge >= 0.3 is 0 Å². The number of hydrogen-bond donors (Lipinski definition) is 1. The molecule has 1 aromatic carbocycles. The average Bonchev–Trinajstić information content (AvgIpc) is 3.00. The third kappa shape index (κ3) is 2.99. The first kappa shape index (κ1) is 17.1. The van der Waals surface area contributed by atoms with Crippen LogP contribution in [0.1, 0.15) is 47.9 Å². The molecule has 26 heavy (non-hydrogen) atoms. The van der Waals surface area contributed by atoms with Crippen LogP contribution in [0.15, 0.2) is 42.7 Å². The highest BCUT2D eigenvalue weighted by Gasteiger charge is 2.34. The molecule has 0 fully saturated rings. The Morgan fingerprint density at radius 3 is 2.96 bits per heavy atom. The standard InChI is InChI=1S/C21H22ClN3O/c1-13(2)10-19-20-16(17-11-15(22)5-6-18(17)24-20)7-9-25(19)21(26)14-4-3-8-23-12-14/h3-6,8,11-13,19,24H,7,9-10H2,1-2H3. The van der Waals surface area contributed by atoms with E-state index < -0.39 is 0 Å². The van der Waals surface area contributed by atoms with Crippen molar-refractivity contribution in [2.24, 2.45) is 5.92 Å². The van der Waals surface area contributed by atoms with Crippen LogP contribution >= 0.6 is 11.6 Å². The van der Waals surface area contributed by atoms with Crippen molar-refractivity contribution in [3.63, 3.8) is 0 Å². The Morgan fingerprint density at radius 1 is 1.38 bits per heavy atom. The number of nitrogens with zero attached hydrogens (tertiary/aromatic N) is 2. The second kappa shape index (κ2) is 6.76. The fourth-order valence-electron chi connectivity index (χ4n) is 3.93. The molecule has 0 radical (unpaired) electrons. The molecule has 3 aromatic rings. The van der Waals surface area contributed by atoms with Crippen molar-refractivity contribution in [1.82, 2.24) is 14.9 Å². The molecule has 4 rings (SSSR count). The highest BCUT2D eigenvalue weighted by molar-refractivity contribution is 6.31. The number of hydrogen-bond acceptors (Lipinski definition) is 2. The lowest BCUT2D eigenvalue weighted by Gasteiger charge is -2.37. The largest absolute Gasteiger partial charge is 0.356 e. The number of rotatable bonds is 3. The van der Waals surface area contributed by atoms with Crippen molar-refractivity contribution in [2.45, 2.75) is 32.7 Å². The van der Waals surface area contributed by atoms with E-state index in [2.05, 4.69) is 23.8 Å². The molecular formula is C21H22ClN3O. The molecule has 1 atom stereocenters. The fourth-order valence-corrected chi connectivity index (χ4v) is 4.10. The highest BCUT2D eigenvalue weighted by Crippen LogP contribution is 2.39. The van der Waals surface area contributed by atoms with Crippen molar-refractivity contribution in [3.8, 4) is 0 Å². The van der Waals surface area contributed by atoms with Crippen molar-refractivity contribution in [2.75, 3.05) is 6.54 Å². The molecule has 0 bridgehead atoms. The molecule has 5 heteroatoms. The van der Waals surface area contributed by atoms with Crippen molar-refractivity contribution >= 4 is 28.4 Å². The van der Waals surface area contributed by atoms with Crippen molar-refractivity contribution in [3.05, 3.63) is 64.6 Å². The summed E-state index contributed by atoms with van der Waals surface area (Å²) in [5.74, 6) is 0.524. The Labute approximate surface area is 158 Å². The zero-order valence-electron chi connectivity index (χ0n) is 15.0. The second-order valence-electron chi connectivity index (χ2n) is 7.34. The molecule has 1 N–H and O–H groups in total. The fraction of sp³-hybridized carbons (Fsp3) is 0.333. The third-order valence-corrected chi connectivity index (χ3v) is 5.31. The Bertz CT molecular complexity index is 949. The number of carbonyl (C=O) groups excluding carboxylic acids is 1. The van der Waals surface area contributed by atoms with E-state index in [0.29, 0.717) is 18.0 Å². The molecule has 1 aliphatic heterocycles. The van der Waals surface area contributed by atoms with Gasteiger partial charge in [0.15, 0.2) is 0 Å². The highest BCUT2D eigenvalue weighted by atomic mass is 35.5. The van der Waals surface area contributed by atoms with Crippen LogP contribution in [0, 0.1) is 5.92 Å². The van der Waals surface area contributed by atoms with E-state index in [1.54, 1.807) is 12.4 Å². The monoisotopic (exact) mass is 367 g/mol. The molecule has 134 valence electrons. The zero-order chi connectivity index (χ0) is 18.3. The lowest BCUT2D eigenvalue weighted by molar-refractivity contribution is 0.0632. The molecule has 4 nitrogen and oxygen atoms in total. The summed E-state index contributed by atoms with van der Waals surface area (Å²) in [7, 11) is 0. The first-order chi connectivity index (χ1) is 12.5. The summed E-state index contributed by atoms with van der Waals surface area (Å²) in [6.45, 7) is 5.10. The van der Waals surface area contributed by atoms with E-state index in [1.807, 2.05) is 35.2 Å². The van der Waals surface area contributed by atoms with E-state index in [0.717, 1.165) is 29.1 Å². The third-order valence-electron chi connectivity index (χ3n) is 5.08. The van der Waals surface area contributed by atoms with Crippen molar-refractivity contribution < 1.29 is 4.79 Å². The van der Waals surface area contributed by atoms with Crippen LogP contribution in [0.2, 0.25) is 5.02 Å². The smallest absolute Gasteiger partial charge is 0.255 e. The van der Waals surface area contributed by atoms with Gasteiger partial charge in [0.25, 0.3) is 5.91 Å². The maximum Gasteiger partial charge on any atom is 0.255 e. The Balaban J connectivity index is 1.78. The van der Waals surface area contributed by atoms with Gasteiger partial charge in [0.05, 0.1) is 11.6 Å². The van der Waals surface area contributed by atoms with Crippen molar-refractivity contribution in [1.29, 1.82) is 0 Å². The maximum absolute atomic E-state index is 13.1. The van der Waals surface area contributed by atoms with Crippen LogP contribution in [0.4, 0.5) is 0 Å². The summed E-state index contributed by atoms with van der Waals surface area (Å²) in [5.41, 5.74) is 4.18. The number of amides is 1. The lowest BCUT2D eigenvalue weighted by atomic mass is 9.91. The zero-order valence-corrected chi connectivity index (χ0v) is 15.8. The first-order valence-corrected chi connectivity index (χ1v) is 9.43. The number of aromatic nitrogens is 2. The molecule has 2 aromatic heterocycles. The summed E-state index contributed by atoms with van der Waals surface area (Å²) < 4.78 is 0. The number of aromatic amines is 1. The van der Waals surface area contributed by atoms with Gasteiger partial charge in [-0.25, -0.2) is 0 Å². The van der Waals surface area contributed by atoms with E-state index in [9.17, 15) is 4.79 Å². The SMILES string of the molecule is CC(C)CC1c2[nH]c3ccc(Cl)cc3c2CCN1C(=O)c1cccnc1. The number of H-pyrrole nitrogens is 1. The predicted octanol–water partition coefficient (Wildman–Crippen LogP) is 5.00. The molecule has 3 heterocycles. The number of halogens is 1. The number of pyridine rings is 1. The van der Waals surface area contributed by atoms with E-state index in [1.165, 1.54) is 10.9 Å². The van der Waals surface area contributed by atoms with Gasteiger partial charge in [0.2, 0.25) is 0 Å². The summed E-state index contributed by atoms with van der Waals surface area (Å²) in [6.07, 6.45) is 5.09. The van der Waals surface area contributed by atoms with E-state index >= 15 is 0 Å². The molecular weight excluding hydrogens is 346 g/mol. The minimum Gasteiger partial charge on any atom is -0.356 e. The van der Waals surface area contributed by atoms with Gasteiger partial charge in [-0.3, -0.25) is 9.78 Å². The first-order valence-electron chi connectivity index (χ1n) is 9.05. The number of carbonyl (C=O) groups is 1. The van der Waals surface area contributed by atoms with Crippen LogP contribution in [-0.4, -0.2) is 27.3 Å². The number of nitrogens with one attached hydrogen (secondary N) is 1. The molecule has 1 aliphatic rings. The van der Waals surface area contributed by atoms with Crippen LogP contribution in [0.25, 0.3) is 10.9 Å². The van der Waals surface area contributed by atoms with E-state index in [-0.39, 0.29) is 11.9 Å². The minimum atomic E-state index is 0.0395. The minimum absolute atomic E-state index is 0.0395. The van der Waals surface area contributed by atoms with Gasteiger partial charge in [-0.15, -0.1) is 0 Å². The van der Waals surface area contributed by atoms with Crippen LogP contribution in [0.5, 0.6) is 0 Å². The van der Waals surface area contributed by atoms with Gasteiger partial charge in [-0.05, 0) is 54.7 Å². The van der Waals surface area contributed by atoms with E-state index in [4.69, 9.17) is 11.6 Å². The summed E-state index contributed by atoms with van der Waals surface area (Å²) in [6, 6.07) is 9.64. The normalized spacial score (nSPS) is 16.9. The Morgan fingerprint density at radius 2 is 2.23 bits per heavy atom. The molecule has 1 unspecified atom stereocenters. The Kier molecular flexibility index (Phi) is 4.45.